The lowest BCUT2D eigenvalue weighted by molar-refractivity contribution is 1.12. The molecule has 0 fully saturated rings. The van der Waals surface area contributed by atoms with Gasteiger partial charge in [0.1, 0.15) is 6.33 Å². The van der Waals surface area contributed by atoms with Gasteiger partial charge in [0, 0.05) is 5.69 Å². The van der Waals surface area contributed by atoms with E-state index in [1.165, 1.54) is 6.33 Å². The van der Waals surface area contributed by atoms with E-state index < -0.39 is 0 Å². The zero-order valence-corrected chi connectivity index (χ0v) is 8.73. The lowest BCUT2D eigenvalue weighted by Crippen LogP contribution is -1.97. The fourth-order valence-electron chi connectivity index (χ4n) is 1.34. The van der Waals surface area contributed by atoms with Crippen molar-refractivity contribution in [3.63, 3.8) is 0 Å². The maximum Gasteiger partial charge on any atom is 0.115 e. The predicted molar refractivity (Wildman–Crippen MR) is 59.0 cm³/mol. The second-order valence-electron chi connectivity index (χ2n) is 3.34. The van der Waals surface area contributed by atoms with Gasteiger partial charge >= 0.3 is 0 Å². The zero-order chi connectivity index (χ0) is 10.7. The van der Waals surface area contributed by atoms with E-state index in [1.54, 1.807) is 12.4 Å². The van der Waals surface area contributed by atoms with Gasteiger partial charge in [0.05, 0.1) is 29.5 Å². The van der Waals surface area contributed by atoms with Crippen LogP contribution < -0.4 is 5.32 Å². The average Bonchev–Trinajstić information content (AvgIpc) is 2.24. The van der Waals surface area contributed by atoms with Crippen molar-refractivity contribution >= 4 is 11.4 Å². The molecule has 4 heteroatoms. The lowest BCUT2D eigenvalue weighted by atomic mass is 10.2. The van der Waals surface area contributed by atoms with Crippen LogP contribution in [0.15, 0.2) is 30.9 Å². The summed E-state index contributed by atoms with van der Waals surface area (Å²) in [6.45, 7) is 3.95. The molecule has 0 amide bonds. The Morgan fingerprint density at radius 2 is 1.80 bits per heavy atom. The van der Waals surface area contributed by atoms with Crippen molar-refractivity contribution in [1.82, 2.24) is 15.0 Å². The third-order valence-corrected chi connectivity index (χ3v) is 2.06. The van der Waals surface area contributed by atoms with Crippen molar-refractivity contribution < 1.29 is 0 Å². The number of rotatable bonds is 2. The van der Waals surface area contributed by atoms with Gasteiger partial charge in [0.15, 0.2) is 0 Å². The lowest BCUT2D eigenvalue weighted by Gasteiger charge is -2.08. The first-order chi connectivity index (χ1) is 7.25. The van der Waals surface area contributed by atoms with Gasteiger partial charge in [0.25, 0.3) is 0 Å². The van der Waals surface area contributed by atoms with Gasteiger partial charge in [-0.2, -0.15) is 0 Å². The van der Waals surface area contributed by atoms with Crippen LogP contribution in [0.25, 0.3) is 0 Å². The van der Waals surface area contributed by atoms with Crippen molar-refractivity contribution in [3.8, 4) is 0 Å². The minimum Gasteiger partial charge on any atom is -0.352 e. The van der Waals surface area contributed by atoms with Crippen LogP contribution in [-0.4, -0.2) is 15.0 Å². The first-order valence-electron chi connectivity index (χ1n) is 4.72. The largest absolute Gasteiger partial charge is 0.352 e. The van der Waals surface area contributed by atoms with Gasteiger partial charge in [-0.1, -0.05) is 0 Å². The molecule has 76 valence electrons. The van der Waals surface area contributed by atoms with Gasteiger partial charge in [-0.15, -0.1) is 0 Å². The molecule has 0 aromatic carbocycles. The van der Waals surface area contributed by atoms with Crippen LogP contribution in [0.5, 0.6) is 0 Å². The van der Waals surface area contributed by atoms with Crippen molar-refractivity contribution in [2.24, 2.45) is 0 Å². The van der Waals surface area contributed by atoms with Gasteiger partial charge in [0.2, 0.25) is 0 Å². The molecule has 4 nitrogen and oxygen atoms in total. The molecule has 15 heavy (non-hydrogen) atoms. The molecule has 0 radical (unpaired) electrons. The highest BCUT2D eigenvalue weighted by Crippen LogP contribution is 2.17. The molecule has 2 aromatic heterocycles. The zero-order valence-electron chi connectivity index (χ0n) is 8.73. The van der Waals surface area contributed by atoms with E-state index in [2.05, 4.69) is 20.3 Å². The number of aromatic nitrogens is 3. The topological polar surface area (TPSA) is 50.7 Å². The summed E-state index contributed by atoms with van der Waals surface area (Å²) in [7, 11) is 0. The third-order valence-electron chi connectivity index (χ3n) is 2.06. The standard InChI is InChI=1S/C11H12N4/c1-8-3-4-11(9(2)14-8)15-10-5-12-7-13-6-10/h3-7,15H,1-2H3. The molecule has 0 unspecified atom stereocenters. The van der Waals surface area contributed by atoms with Gasteiger partial charge < -0.3 is 5.32 Å². The average molecular weight is 200 g/mol. The van der Waals surface area contributed by atoms with Crippen molar-refractivity contribution in [3.05, 3.63) is 42.2 Å². The Kier molecular flexibility index (Phi) is 2.58. The summed E-state index contributed by atoms with van der Waals surface area (Å²) in [5, 5.41) is 3.21. The molecule has 2 heterocycles. The van der Waals surface area contributed by atoms with Crippen LogP contribution >= 0.6 is 0 Å². The Bertz CT molecular complexity index is 453. The SMILES string of the molecule is Cc1ccc(Nc2cncnc2)c(C)n1. The number of hydrogen-bond donors (Lipinski definition) is 1. The second kappa shape index (κ2) is 4.04. The highest BCUT2D eigenvalue weighted by molar-refractivity contribution is 5.59. The number of anilines is 2. The minimum atomic E-state index is 0.867. The van der Waals surface area contributed by atoms with E-state index in [0.29, 0.717) is 0 Å². The van der Waals surface area contributed by atoms with Gasteiger partial charge in [-0.25, -0.2) is 9.97 Å². The summed E-state index contributed by atoms with van der Waals surface area (Å²) in [5.41, 5.74) is 3.84. The number of pyridine rings is 1. The normalized spacial score (nSPS) is 10.0. The Hall–Kier alpha value is -1.97. The van der Waals surface area contributed by atoms with Crippen LogP contribution in [0.3, 0.4) is 0 Å². The molecule has 1 N–H and O–H groups in total. The molecule has 2 rings (SSSR count). The van der Waals surface area contributed by atoms with E-state index in [-0.39, 0.29) is 0 Å². The maximum absolute atomic E-state index is 4.37. The summed E-state index contributed by atoms with van der Waals surface area (Å²) >= 11 is 0. The number of nitrogens with zero attached hydrogens (tertiary/aromatic N) is 3. The van der Waals surface area contributed by atoms with Crippen LogP contribution in [0, 0.1) is 13.8 Å². The molecule has 0 saturated heterocycles. The summed E-state index contributed by atoms with van der Waals surface area (Å²) in [6, 6.07) is 3.98. The molecule has 0 aliphatic carbocycles. The Balaban J connectivity index is 2.25. The summed E-state index contributed by atoms with van der Waals surface area (Å²) in [5.74, 6) is 0. The molecule has 0 bridgehead atoms. The first kappa shape index (κ1) is 9.58. The predicted octanol–water partition coefficient (Wildman–Crippen LogP) is 2.23. The Labute approximate surface area is 88.4 Å². The molecule has 0 atom stereocenters. The van der Waals surface area contributed by atoms with E-state index in [9.17, 15) is 0 Å². The van der Waals surface area contributed by atoms with Gasteiger partial charge in [-0.3, -0.25) is 4.98 Å². The van der Waals surface area contributed by atoms with E-state index in [1.807, 2.05) is 26.0 Å². The molecule has 2 aromatic rings. The van der Waals surface area contributed by atoms with Crippen molar-refractivity contribution in [2.45, 2.75) is 13.8 Å². The van der Waals surface area contributed by atoms with Crippen LogP contribution in [0.2, 0.25) is 0 Å². The van der Waals surface area contributed by atoms with Crippen LogP contribution in [0.1, 0.15) is 11.4 Å². The highest BCUT2D eigenvalue weighted by Gasteiger charge is 2.00. The summed E-state index contributed by atoms with van der Waals surface area (Å²) in [6.07, 6.45) is 4.96. The summed E-state index contributed by atoms with van der Waals surface area (Å²) < 4.78 is 0. The van der Waals surface area contributed by atoms with Crippen LogP contribution in [-0.2, 0) is 0 Å². The van der Waals surface area contributed by atoms with E-state index in [0.717, 1.165) is 22.8 Å². The Morgan fingerprint density at radius 3 is 2.47 bits per heavy atom. The maximum atomic E-state index is 4.37. The molecular weight excluding hydrogens is 188 g/mol. The molecule has 0 saturated carbocycles. The molecular formula is C11H12N4. The van der Waals surface area contributed by atoms with Crippen molar-refractivity contribution in [2.75, 3.05) is 5.32 Å². The smallest absolute Gasteiger partial charge is 0.115 e. The fraction of sp³-hybridized carbons (Fsp3) is 0.182. The quantitative estimate of drug-likeness (QED) is 0.807. The van der Waals surface area contributed by atoms with E-state index in [4.69, 9.17) is 0 Å². The molecule has 0 aliphatic heterocycles. The highest BCUT2D eigenvalue weighted by atomic mass is 14.9. The molecule has 0 spiro atoms. The first-order valence-corrected chi connectivity index (χ1v) is 4.72. The molecule has 0 aliphatic rings. The van der Waals surface area contributed by atoms with Crippen LogP contribution in [0.4, 0.5) is 11.4 Å². The number of aryl methyl sites for hydroxylation is 2. The minimum absolute atomic E-state index is 0.867. The monoisotopic (exact) mass is 200 g/mol. The Morgan fingerprint density at radius 1 is 1.07 bits per heavy atom. The van der Waals surface area contributed by atoms with Gasteiger partial charge in [-0.05, 0) is 26.0 Å². The number of nitrogens with one attached hydrogen (secondary N) is 1. The fourth-order valence-corrected chi connectivity index (χ4v) is 1.34. The third kappa shape index (κ3) is 2.28. The van der Waals surface area contributed by atoms with Crippen molar-refractivity contribution in [1.29, 1.82) is 0 Å². The number of hydrogen-bond acceptors (Lipinski definition) is 4. The summed E-state index contributed by atoms with van der Waals surface area (Å²) in [4.78, 5) is 12.2. The second-order valence-corrected chi connectivity index (χ2v) is 3.34. The van der Waals surface area contributed by atoms with E-state index >= 15 is 0 Å².